The van der Waals surface area contributed by atoms with Crippen LogP contribution in [0.5, 0.6) is 0 Å². The van der Waals surface area contributed by atoms with Gasteiger partial charge in [0.1, 0.15) is 5.01 Å². The highest BCUT2D eigenvalue weighted by Gasteiger charge is 2.22. The number of likely N-dealkylation sites (tertiary alicyclic amines) is 1. The van der Waals surface area contributed by atoms with Crippen molar-refractivity contribution in [2.75, 3.05) is 18.4 Å². The Labute approximate surface area is 141 Å². The van der Waals surface area contributed by atoms with Gasteiger partial charge in [-0.1, -0.05) is 39.0 Å². The Morgan fingerprint density at radius 1 is 1.22 bits per heavy atom. The average Bonchev–Trinajstić information content (AvgIpc) is 2.94. The second-order valence-electron chi connectivity index (χ2n) is 7.27. The van der Waals surface area contributed by atoms with Crippen LogP contribution in [-0.4, -0.2) is 40.0 Å². The van der Waals surface area contributed by atoms with Crippen LogP contribution in [0.4, 0.5) is 5.13 Å². The van der Waals surface area contributed by atoms with Gasteiger partial charge in [0, 0.05) is 31.3 Å². The highest BCUT2D eigenvalue weighted by atomic mass is 32.1. The lowest BCUT2D eigenvalue weighted by molar-refractivity contribution is -0.134. The second kappa shape index (κ2) is 7.38. The smallest absolute Gasteiger partial charge is 0.226 e. The molecule has 2 heterocycles. The molecule has 1 aromatic rings. The zero-order chi connectivity index (χ0) is 17.0. The number of aromatic nitrogens is 2. The van der Waals surface area contributed by atoms with Gasteiger partial charge in [-0.05, 0) is 18.8 Å². The summed E-state index contributed by atoms with van der Waals surface area (Å²) in [5.74, 6) is 0.580. The molecule has 1 fully saturated rings. The van der Waals surface area contributed by atoms with Crippen molar-refractivity contribution >= 4 is 28.3 Å². The Morgan fingerprint density at radius 3 is 2.43 bits per heavy atom. The van der Waals surface area contributed by atoms with Crippen molar-refractivity contribution in [2.24, 2.45) is 5.92 Å². The Morgan fingerprint density at radius 2 is 1.87 bits per heavy atom. The van der Waals surface area contributed by atoms with Gasteiger partial charge in [0.15, 0.2) is 0 Å². The fourth-order valence-electron chi connectivity index (χ4n) is 2.40. The highest BCUT2D eigenvalue weighted by Crippen LogP contribution is 2.27. The van der Waals surface area contributed by atoms with E-state index in [2.05, 4.69) is 43.2 Å². The van der Waals surface area contributed by atoms with Crippen LogP contribution in [-0.2, 0) is 15.0 Å². The van der Waals surface area contributed by atoms with E-state index in [9.17, 15) is 9.59 Å². The van der Waals surface area contributed by atoms with Gasteiger partial charge < -0.3 is 10.2 Å². The minimum absolute atomic E-state index is 0.0692. The fourth-order valence-corrected chi connectivity index (χ4v) is 3.21. The fraction of sp³-hybridized carbons (Fsp3) is 0.750. The summed E-state index contributed by atoms with van der Waals surface area (Å²) in [5, 5.41) is 12.2. The monoisotopic (exact) mass is 338 g/mol. The van der Waals surface area contributed by atoms with Gasteiger partial charge in [0.05, 0.1) is 0 Å². The number of amides is 2. The van der Waals surface area contributed by atoms with Gasteiger partial charge >= 0.3 is 0 Å². The molecule has 0 aromatic carbocycles. The van der Waals surface area contributed by atoms with Gasteiger partial charge in [-0.15, -0.1) is 10.2 Å². The van der Waals surface area contributed by atoms with Crippen molar-refractivity contribution in [3.63, 3.8) is 0 Å². The summed E-state index contributed by atoms with van der Waals surface area (Å²) in [6.45, 7) is 9.99. The SMILES string of the molecule is CC1CCN(C(=O)CCC(=O)Nc2nnc(C(C)(C)C)s2)CC1. The van der Waals surface area contributed by atoms with E-state index in [1.165, 1.54) is 11.3 Å². The van der Waals surface area contributed by atoms with E-state index in [4.69, 9.17) is 0 Å². The van der Waals surface area contributed by atoms with Crippen LogP contribution in [0.3, 0.4) is 0 Å². The number of rotatable bonds is 4. The van der Waals surface area contributed by atoms with Crippen LogP contribution >= 0.6 is 11.3 Å². The van der Waals surface area contributed by atoms with E-state index in [-0.39, 0.29) is 30.1 Å². The number of carbonyl (C=O) groups excluding carboxylic acids is 2. The molecule has 0 saturated carbocycles. The van der Waals surface area contributed by atoms with Crippen molar-refractivity contribution in [3.8, 4) is 0 Å². The third-order valence-electron chi connectivity index (χ3n) is 4.02. The lowest BCUT2D eigenvalue weighted by Crippen LogP contribution is -2.38. The lowest BCUT2D eigenvalue weighted by atomic mass is 9.98. The molecule has 6 nitrogen and oxygen atoms in total. The van der Waals surface area contributed by atoms with Crippen LogP contribution in [0.15, 0.2) is 0 Å². The van der Waals surface area contributed by atoms with E-state index in [1.54, 1.807) is 0 Å². The first-order chi connectivity index (χ1) is 10.8. The molecule has 23 heavy (non-hydrogen) atoms. The van der Waals surface area contributed by atoms with E-state index >= 15 is 0 Å². The minimum Gasteiger partial charge on any atom is -0.343 e. The van der Waals surface area contributed by atoms with E-state index in [0.717, 1.165) is 30.9 Å². The average molecular weight is 338 g/mol. The minimum atomic E-state index is -0.180. The number of piperidine rings is 1. The second-order valence-corrected chi connectivity index (χ2v) is 8.25. The molecule has 1 saturated heterocycles. The van der Waals surface area contributed by atoms with Gasteiger partial charge in [-0.25, -0.2) is 0 Å². The summed E-state index contributed by atoms with van der Waals surface area (Å²) in [5.41, 5.74) is -0.0813. The molecule has 1 aliphatic heterocycles. The first kappa shape index (κ1) is 17.8. The molecule has 2 amide bonds. The summed E-state index contributed by atoms with van der Waals surface area (Å²) in [6.07, 6.45) is 2.55. The zero-order valence-electron chi connectivity index (χ0n) is 14.4. The number of anilines is 1. The Kier molecular flexibility index (Phi) is 5.73. The van der Waals surface area contributed by atoms with Crippen LogP contribution < -0.4 is 5.32 Å². The maximum absolute atomic E-state index is 12.1. The first-order valence-electron chi connectivity index (χ1n) is 8.17. The summed E-state index contributed by atoms with van der Waals surface area (Å²) in [7, 11) is 0. The maximum atomic E-state index is 12.1. The van der Waals surface area contributed by atoms with Crippen LogP contribution in [0.1, 0.15) is 58.4 Å². The molecule has 1 aromatic heterocycles. The largest absolute Gasteiger partial charge is 0.343 e. The molecule has 128 valence electrons. The van der Waals surface area contributed by atoms with Gasteiger partial charge in [0.2, 0.25) is 16.9 Å². The molecule has 0 spiro atoms. The lowest BCUT2D eigenvalue weighted by Gasteiger charge is -2.30. The number of carbonyl (C=O) groups is 2. The van der Waals surface area contributed by atoms with E-state index in [1.807, 2.05) is 4.90 Å². The number of hydrogen-bond donors (Lipinski definition) is 1. The highest BCUT2D eigenvalue weighted by molar-refractivity contribution is 7.15. The summed E-state index contributed by atoms with van der Waals surface area (Å²) >= 11 is 1.38. The summed E-state index contributed by atoms with van der Waals surface area (Å²) in [6, 6.07) is 0. The number of nitrogens with one attached hydrogen (secondary N) is 1. The van der Waals surface area contributed by atoms with Crippen LogP contribution in [0.25, 0.3) is 0 Å². The first-order valence-corrected chi connectivity index (χ1v) is 8.99. The van der Waals surface area contributed by atoms with Crippen molar-refractivity contribution in [1.82, 2.24) is 15.1 Å². The topological polar surface area (TPSA) is 75.2 Å². The predicted octanol–water partition coefficient (Wildman–Crippen LogP) is 2.81. The molecule has 1 aliphatic rings. The zero-order valence-corrected chi connectivity index (χ0v) is 15.2. The van der Waals surface area contributed by atoms with Crippen molar-refractivity contribution in [3.05, 3.63) is 5.01 Å². The van der Waals surface area contributed by atoms with Crippen molar-refractivity contribution in [1.29, 1.82) is 0 Å². The third kappa shape index (κ3) is 5.27. The molecule has 1 N–H and O–H groups in total. The molecule has 0 atom stereocenters. The molecule has 0 bridgehead atoms. The van der Waals surface area contributed by atoms with Crippen molar-refractivity contribution in [2.45, 2.75) is 58.8 Å². The normalized spacial score (nSPS) is 16.4. The maximum Gasteiger partial charge on any atom is 0.226 e. The standard InChI is InChI=1S/C16H26N4O2S/c1-11-7-9-20(10-8-11)13(22)6-5-12(21)17-15-19-18-14(23-15)16(2,3)4/h11H,5-10H2,1-4H3,(H,17,19,21). The summed E-state index contributed by atoms with van der Waals surface area (Å²) < 4.78 is 0. The molecule has 7 heteroatoms. The third-order valence-corrected chi connectivity index (χ3v) is 5.28. The summed E-state index contributed by atoms with van der Waals surface area (Å²) in [4.78, 5) is 26.0. The van der Waals surface area contributed by atoms with Crippen LogP contribution in [0, 0.1) is 5.92 Å². The van der Waals surface area contributed by atoms with Crippen LogP contribution in [0.2, 0.25) is 0 Å². The molecule has 0 aliphatic carbocycles. The molecule has 0 unspecified atom stereocenters. The molecular formula is C16H26N4O2S. The molecule has 2 rings (SSSR count). The number of hydrogen-bond acceptors (Lipinski definition) is 5. The van der Waals surface area contributed by atoms with E-state index in [0.29, 0.717) is 11.0 Å². The Hall–Kier alpha value is -1.50. The van der Waals surface area contributed by atoms with Gasteiger partial charge in [0.25, 0.3) is 0 Å². The van der Waals surface area contributed by atoms with E-state index < -0.39 is 0 Å². The molecular weight excluding hydrogens is 312 g/mol. The van der Waals surface area contributed by atoms with Crippen molar-refractivity contribution < 1.29 is 9.59 Å². The Balaban J connectivity index is 1.77. The van der Waals surface area contributed by atoms with Gasteiger partial charge in [-0.3, -0.25) is 9.59 Å². The molecule has 0 radical (unpaired) electrons. The predicted molar refractivity (Wildman–Crippen MR) is 91.5 cm³/mol. The Bertz CT molecular complexity index is 557. The van der Waals surface area contributed by atoms with Gasteiger partial charge in [-0.2, -0.15) is 0 Å². The quantitative estimate of drug-likeness (QED) is 0.916. The number of nitrogens with zero attached hydrogens (tertiary/aromatic N) is 3.